The van der Waals surface area contributed by atoms with Crippen molar-refractivity contribution < 1.29 is 4.42 Å². The summed E-state index contributed by atoms with van der Waals surface area (Å²) in [7, 11) is 0. The van der Waals surface area contributed by atoms with Gasteiger partial charge in [-0.3, -0.25) is 4.98 Å². The van der Waals surface area contributed by atoms with Gasteiger partial charge in [0, 0.05) is 44.0 Å². The van der Waals surface area contributed by atoms with Gasteiger partial charge in [0.25, 0.3) is 0 Å². The van der Waals surface area contributed by atoms with Gasteiger partial charge < -0.3 is 19.1 Å². The molecule has 0 aliphatic carbocycles. The van der Waals surface area contributed by atoms with Gasteiger partial charge in [0.2, 0.25) is 0 Å². The molecule has 0 unspecified atom stereocenters. The average molecular weight is 390 g/mol. The van der Waals surface area contributed by atoms with Crippen LogP contribution in [0, 0.1) is 0 Å². The molecular weight excluding hydrogens is 364 g/mol. The van der Waals surface area contributed by atoms with Gasteiger partial charge in [-0.05, 0) is 37.1 Å². The maximum absolute atomic E-state index is 5.55. The Morgan fingerprint density at radius 2 is 2.00 bits per heavy atom. The second-order valence-corrected chi connectivity index (χ2v) is 7.76. The summed E-state index contributed by atoms with van der Waals surface area (Å²) in [6.45, 7) is 4.89. The summed E-state index contributed by atoms with van der Waals surface area (Å²) in [5.74, 6) is 1.97. The van der Waals surface area contributed by atoms with E-state index in [1.807, 2.05) is 30.6 Å². The summed E-state index contributed by atoms with van der Waals surface area (Å²) in [6.07, 6.45) is 10.5. The van der Waals surface area contributed by atoms with Gasteiger partial charge in [0.15, 0.2) is 5.82 Å². The van der Waals surface area contributed by atoms with E-state index in [-0.39, 0.29) is 0 Å². The number of aromatic nitrogens is 3. The number of piperidine rings is 1. The first-order chi connectivity index (χ1) is 14.4. The molecule has 0 atom stereocenters. The lowest BCUT2D eigenvalue weighted by molar-refractivity contribution is 0.211. The second kappa shape index (κ2) is 8.21. The topological polar surface area (TPSA) is 61.5 Å². The van der Waals surface area contributed by atoms with Gasteiger partial charge in [0.05, 0.1) is 25.7 Å². The lowest BCUT2D eigenvalue weighted by atomic mass is 10.0. The van der Waals surface area contributed by atoms with Crippen LogP contribution in [-0.2, 0) is 13.0 Å². The van der Waals surface area contributed by atoms with Crippen molar-refractivity contribution in [3.8, 4) is 0 Å². The zero-order valence-corrected chi connectivity index (χ0v) is 16.5. The van der Waals surface area contributed by atoms with Crippen LogP contribution in [0.3, 0.4) is 0 Å². The zero-order chi connectivity index (χ0) is 19.5. The summed E-state index contributed by atoms with van der Waals surface area (Å²) in [5.41, 5.74) is 2.32. The molecule has 0 amide bonds. The van der Waals surface area contributed by atoms with Gasteiger partial charge in [-0.15, -0.1) is 0 Å². The average Bonchev–Trinajstić information content (AvgIpc) is 3.42. The monoisotopic (exact) mass is 390 g/mol. The van der Waals surface area contributed by atoms with E-state index < -0.39 is 0 Å². The molecule has 0 saturated carbocycles. The van der Waals surface area contributed by atoms with Crippen molar-refractivity contribution in [3.63, 3.8) is 0 Å². The number of hydrogen-bond donors (Lipinski definition) is 0. The number of furan rings is 1. The van der Waals surface area contributed by atoms with E-state index in [9.17, 15) is 0 Å². The first kappa shape index (κ1) is 18.1. The summed E-state index contributed by atoms with van der Waals surface area (Å²) in [4.78, 5) is 20.6. The lowest BCUT2D eigenvalue weighted by Gasteiger charge is -2.37. The number of anilines is 2. The van der Waals surface area contributed by atoms with Crippen molar-refractivity contribution >= 4 is 11.5 Å². The molecule has 7 nitrogen and oxygen atoms in total. The Morgan fingerprint density at radius 3 is 2.79 bits per heavy atom. The highest BCUT2D eigenvalue weighted by Gasteiger charge is 2.34. The van der Waals surface area contributed by atoms with Crippen molar-refractivity contribution in [1.82, 2.24) is 19.9 Å². The molecule has 1 fully saturated rings. The fourth-order valence-corrected chi connectivity index (χ4v) is 4.39. The third-order valence-corrected chi connectivity index (χ3v) is 5.94. The van der Waals surface area contributed by atoms with E-state index in [2.05, 4.69) is 41.8 Å². The van der Waals surface area contributed by atoms with Gasteiger partial charge in [-0.2, -0.15) is 0 Å². The van der Waals surface area contributed by atoms with E-state index in [1.54, 1.807) is 12.6 Å². The molecule has 7 heteroatoms. The molecule has 2 aliphatic heterocycles. The lowest BCUT2D eigenvalue weighted by Crippen LogP contribution is -2.46. The Hall–Kier alpha value is -2.93. The second-order valence-electron chi connectivity index (χ2n) is 7.76. The molecule has 150 valence electrons. The normalized spacial score (nSPS) is 17.7. The molecule has 0 bridgehead atoms. The fourth-order valence-electron chi connectivity index (χ4n) is 4.39. The molecule has 0 radical (unpaired) electrons. The van der Waals surface area contributed by atoms with Crippen molar-refractivity contribution in [3.05, 3.63) is 66.8 Å². The highest BCUT2D eigenvalue weighted by Crippen LogP contribution is 2.37. The number of rotatable bonds is 6. The summed E-state index contributed by atoms with van der Waals surface area (Å²) >= 11 is 0. The predicted octanol–water partition coefficient (Wildman–Crippen LogP) is 2.96. The zero-order valence-electron chi connectivity index (χ0n) is 16.5. The molecule has 0 N–H and O–H groups in total. The van der Waals surface area contributed by atoms with Crippen LogP contribution in [0.5, 0.6) is 0 Å². The van der Waals surface area contributed by atoms with E-state index in [0.717, 1.165) is 69.4 Å². The fraction of sp³-hybridized carbons (Fsp3) is 0.409. The van der Waals surface area contributed by atoms with Gasteiger partial charge in [0.1, 0.15) is 17.8 Å². The Balaban J connectivity index is 1.20. The minimum atomic E-state index is 0.521. The molecule has 5 heterocycles. The minimum Gasteiger partial charge on any atom is -0.467 e. The van der Waals surface area contributed by atoms with Crippen LogP contribution in [0.1, 0.15) is 24.3 Å². The molecule has 1 saturated heterocycles. The summed E-state index contributed by atoms with van der Waals surface area (Å²) in [6, 6.07) is 10.6. The molecule has 3 aromatic rings. The first-order valence-corrected chi connectivity index (χ1v) is 10.3. The van der Waals surface area contributed by atoms with E-state index >= 15 is 0 Å². The standard InChI is InChI=1S/C22H26N6O/c1-2-9-24-18(4-1)6-10-26-11-7-19(8-12-26)28-17-27(15-20-5-3-13-29-20)22-21(28)14-23-16-25-22/h1-5,9,13-14,16,19H,6-8,10-12,15,17H2. The van der Waals surface area contributed by atoms with Crippen LogP contribution >= 0.6 is 0 Å². The number of likely N-dealkylation sites (tertiary alicyclic amines) is 1. The van der Waals surface area contributed by atoms with Crippen molar-refractivity contribution in [2.45, 2.75) is 31.8 Å². The third kappa shape index (κ3) is 3.96. The van der Waals surface area contributed by atoms with E-state index in [1.165, 1.54) is 5.69 Å². The summed E-state index contributed by atoms with van der Waals surface area (Å²) < 4.78 is 5.55. The Morgan fingerprint density at radius 1 is 1.07 bits per heavy atom. The quantitative estimate of drug-likeness (QED) is 0.641. The molecule has 29 heavy (non-hydrogen) atoms. The third-order valence-electron chi connectivity index (χ3n) is 5.94. The van der Waals surface area contributed by atoms with Crippen LogP contribution in [0.2, 0.25) is 0 Å². The SMILES string of the molecule is c1ccc(CCN2CCC(N3CN(Cc4ccco4)c4ncncc43)CC2)nc1. The number of nitrogens with zero attached hydrogens (tertiary/aromatic N) is 6. The Labute approximate surface area is 171 Å². The highest BCUT2D eigenvalue weighted by molar-refractivity contribution is 5.71. The van der Waals surface area contributed by atoms with Crippen molar-refractivity contribution in [2.75, 3.05) is 36.1 Å². The largest absolute Gasteiger partial charge is 0.467 e. The Bertz CT molecular complexity index is 908. The number of fused-ring (bicyclic) bond motifs is 1. The van der Waals surface area contributed by atoms with E-state index in [0.29, 0.717) is 6.04 Å². The van der Waals surface area contributed by atoms with Crippen LogP contribution in [0.4, 0.5) is 11.5 Å². The van der Waals surface area contributed by atoms with Crippen LogP contribution < -0.4 is 9.80 Å². The highest BCUT2D eigenvalue weighted by atomic mass is 16.3. The smallest absolute Gasteiger partial charge is 0.157 e. The number of pyridine rings is 1. The Kier molecular flexibility index (Phi) is 5.13. The summed E-state index contributed by atoms with van der Waals surface area (Å²) in [5, 5.41) is 0. The van der Waals surface area contributed by atoms with Gasteiger partial charge >= 0.3 is 0 Å². The first-order valence-electron chi connectivity index (χ1n) is 10.3. The predicted molar refractivity (Wildman–Crippen MR) is 112 cm³/mol. The molecule has 2 aliphatic rings. The molecule has 0 aromatic carbocycles. The molecule has 0 spiro atoms. The molecule has 5 rings (SSSR count). The molecular formula is C22H26N6O. The maximum Gasteiger partial charge on any atom is 0.157 e. The molecule has 3 aromatic heterocycles. The maximum atomic E-state index is 5.55. The van der Waals surface area contributed by atoms with Crippen LogP contribution in [0.15, 0.2) is 59.7 Å². The minimum absolute atomic E-state index is 0.521. The number of hydrogen-bond acceptors (Lipinski definition) is 7. The van der Waals surface area contributed by atoms with Gasteiger partial charge in [-0.1, -0.05) is 6.07 Å². The van der Waals surface area contributed by atoms with Gasteiger partial charge in [-0.25, -0.2) is 9.97 Å². The van der Waals surface area contributed by atoms with Crippen LogP contribution in [0.25, 0.3) is 0 Å². The van der Waals surface area contributed by atoms with Crippen molar-refractivity contribution in [2.24, 2.45) is 0 Å². The van der Waals surface area contributed by atoms with Crippen molar-refractivity contribution in [1.29, 1.82) is 0 Å². The van der Waals surface area contributed by atoms with Crippen LogP contribution in [-0.4, -0.2) is 52.2 Å². The van der Waals surface area contributed by atoms with E-state index in [4.69, 9.17) is 4.42 Å².